The van der Waals surface area contributed by atoms with E-state index in [1.165, 1.54) is 6.20 Å². The first-order chi connectivity index (χ1) is 9.77. The van der Waals surface area contributed by atoms with Crippen molar-refractivity contribution in [2.75, 3.05) is 26.3 Å². The van der Waals surface area contributed by atoms with Crippen LogP contribution in [0.2, 0.25) is 5.15 Å². The zero-order valence-corrected chi connectivity index (χ0v) is 11.6. The Morgan fingerprint density at radius 2 is 1.90 bits per heavy atom. The Balaban J connectivity index is 1.88. The summed E-state index contributed by atoms with van der Waals surface area (Å²) in [5.41, 5.74) is 1.26. The van der Waals surface area contributed by atoms with Crippen LogP contribution in [0.5, 0.6) is 0 Å². The number of hydrogen-bond acceptors (Lipinski definition) is 3. The van der Waals surface area contributed by atoms with Crippen LogP contribution in [0.25, 0.3) is 5.69 Å². The Morgan fingerprint density at radius 1 is 1.20 bits per heavy atom. The van der Waals surface area contributed by atoms with Gasteiger partial charge in [0.05, 0.1) is 30.7 Å². The highest BCUT2D eigenvalue weighted by Gasteiger charge is 2.23. The molecule has 2 aromatic rings. The molecule has 2 heterocycles. The zero-order valence-electron chi connectivity index (χ0n) is 10.8. The van der Waals surface area contributed by atoms with Crippen molar-refractivity contribution in [3.05, 3.63) is 47.2 Å². The van der Waals surface area contributed by atoms with Gasteiger partial charge in [0.1, 0.15) is 5.15 Å². The van der Waals surface area contributed by atoms with Crippen LogP contribution in [0.4, 0.5) is 0 Å². The van der Waals surface area contributed by atoms with Gasteiger partial charge in [0.2, 0.25) is 0 Å². The van der Waals surface area contributed by atoms with Gasteiger partial charge in [0, 0.05) is 13.1 Å². The normalized spacial score (nSPS) is 15.3. The summed E-state index contributed by atoms with van der Waals surface area (Å²) in [5.74, 6) is -0.0968. The summed E-state index contributed by atoms with van der Waals surface area (Å²) in [6, 6.07) is 9.50. The molecule has 1 aliphatic heterocycles. The maximum atomic E-state index is 12.4. The van der Waals surface area contributed by atoms with Gasteiger partial charge in [-0.3, -0.25) is 4.79 Å². The number of halogens is 1. The number of carbonyl (C=O) groups is 1. The Labute approximate surface area is 121 Å². The molecule has 6 heteroatoms. The molecule has 1 amide bonds. The van der Waals surface area contributed by atoms with Gasteiger partial charge in [-0.1, -0.05) is 29.8 Å². The highest BCUT2D eigenvalue weighted by molar-refractivity contribution is 6.33. The second-order valence-electron chi connectivity index (χ2n) is 4.50. The fraction of sp³-hybridized carbons (Fsp3) is 0.286. The lowest BCUT2D eigenvalue weighted by Crippen LogP contribution is -2.40. The molecule has 0 radical (unpaired) electrons. The van der Waals surface area contributed by atoms with Gasteiger partial charge in [0.15, 0.2) is 0 Å². The van der Waals surface area contributed by atoms with Crippen molar-refractivity contribution in [2.24, 2.45) is 0 Å². The molecule has 1 fully saturated rings. The molecule has 1 saturated heterocycles. The number of ether oxygens (including phenoxy) is 1. The third kappa shape index (κ3) is 2.42. The lowest BCUT2D eigenvalue weighted by molar-refractivity contribution is 0.0303. The van der Waals surface area contributed by atoms with E-state index in [2.05, 4.69) is 5.10 Å². The van der Waals surface area contributed by atoms with Crippen LogP contribution in [0.1, 0.15) is 10.4 Å². The summed E-state index contributed by atoms with van der Waals surface area (Å²) in [6.07, 6.45) is 1.52. The van der Waals surface area contributed by atoms with Crippen molar-refractivity contribution < 1.29 is 9.53 Å². The van der Waals surface area contributed by atoms with Crippen LogP contribution < -0.4 is 0 Å². The van der Waals surface area contributed by atoms with E-state index in [9.17, 15) is 4.79 Å². The fourth-order valence-corrected chi connectivity index (χ4v) is 2.43. The number of amides is 1. The van der Waals surface area contributed by atoms with Crippen molar-refractivity contribution in [1.29, 1.82) is 0 Å². The quantitative estimate of drug-likeness (QED) is 0.850. The van der Waals surface area contributed by atoms with Crippen LogP contribution in [0.15, 0.2) is 36.5 Å². The van der Waals surface area contributed by atoms with E-state index in [1.54, 1.807) is 9.58 Å². The van der Waals surface area contributed by atoms with E-state index in [0.29, 0.717) is 37.0 Å². The number of hydrogen-bond donors (Lipinski definition) is 0. The predicted octanol–water partition coefficient (Wildman–Crippen LogP) is 2.00. The monoisotopic (exact) mass is 291 g/mol. The summed E-state index contributed by atoms with van der Waals surface area (Å²) in [5, 5.41) is 4.55. The molecule has 0 spiro atoms. The van der Waals surface area contributed by atoms with Crippen LogP contribution in [0, 0.1) is 0 Å². The van der Waals surface area contributed by atoms with Crippen molar-refractivity contribution in [1.82, 2.24) is 14.7 Å². The predicted molar refractivity (Wildman–Crippen MR) is 75.3 cm³/mol. The summed E-state index contributed by atoms with van der Waals surface area (Å²) in [7, 11) is 0. The molecule has 0 atom stereocenters. The van der Waals surface area contributed by atoms with Gasteiger partial charge in [-0.2, -0.15) is 5.10 Å². The van der Waals surface area contributed by atoms with Crippen molar-refractivity contribution in [2.45, 2.75) is 0 Å². The Morgan fingerprint density at radius 3 is 2.60 bits per heavy atom. The summed E-state index contributed by atoms with van der Waals surface area (Å²) < 4.78 is 6.81. The molecule has 0 bridgehead atoms. The lowest BCUT2D eigenvalue weighted by Gasteiger charge is -2.26. The number of carbonyl (C=O) groups excluding carboxylic acids is 1. The second kappa shape index (κ2) is 5.64. The maximum Gasteiger partial charge on any atom is 0.258 e. The van der Waals surface area contributed by atoms with Gasteiger partial charge < -0.3 is 9.64 Å². The standard InChI is InChI=1S/C14H14ClN3O2/c15-13-12(14(19)17-6-8-20-9-7-17)10-16-18(13)11-4-2-1-3-5-11/h1-5,10H,6-9H2. The van der Waals surface area contributed by atoms with Crippen molar-refractivity contribution in [3.8, 4) is 5.69 Å². The number of rotatable bonds is 2. The molecule has 0 unspecified atom stereocenters. The lowest BCUT2D eigenvalue weighted by atomic mass is 10.3. The first kappa shape index (κ1) is 13.1. The number of benzene rings is 1. The number of para-hydroxylation sites is 1. The summed E-state index contributed by atoms with van der Waals surface area (Å²) in [6.45, 7) is 2.31. The molecule has 104 valence electrons. The van der Waals surface area contributed by atoms with Crippen molar-refractivity contribution >= 4 is 17.5 Å². The van der Waals surface area contributed by atoms with Crippen LogP contribution in [-0.2, 0) is 4.74 Å². The molecule has 5 nitrogen and oxygen atoms in total. The van der Waals surface area contributed by atoms with Crippen LogP contribution in [-0.4, -0.2) is 46.9 Å². The molecule has 1 aromatic carbocycles. The average molecular weight is 292 g/mol. The van der Waals surface area contributed by atoms with Crippen LogP contribution in [0.3, 0.4) is 0 Å². The molecular formula is C14H14ClN3O2. The van der Waals surface area contributed by atoms with E-state index < -0.39 is 0 Å². The van der Waals surface area contributed by atoms with Crippen LogP contribution >= 0.6 is 11.6 Å². The molecule has 20 heavy (non-hydrogen) atoms. The number of aromatic nitrogens is 2. The molecular weight excluding hydrogens is 278 g/mol. The number of nitrogens with zero attached hydrogens (tertiary/aromatic N) is 3. The topological polar surface area (TPSA) is 47.4 Å². The average Bonchev–Trinajstić information content (AvgIpc) is 2.90. The third-order valence-electron chi connectivity index (χ3n) is 3.24. The van der Waals surface area contributed by atoms with Gasteiger partial charge in [-0.15, -0.1) is 0 Å². The Hall–Kier alpha value is -1.85. The van der Waals surface area contributed by atoms with E-state index in [-0.39, 0.29) is 5.91 Å². The minimum atomic E-state index is -0.0968. The molecule has 1 aliphatic rings. The first-order valence-electron chi connectivity index (χ1n) is 6.43. The van der Waals surface area contributed by atoms with Gasteiger partial charge in [0.25, 0.3) is 5.91 Å². The van der Waals surface area contributed by atoms with E-state index >= 15 is 0 Å². The van der Waals surface area contributed by atoms with E-state index in [1.807, 2.05) is 30.3 Å². The van der Waals surface area contributed by atoms with Crippen molar-refractivity contribution in [3.63, 3.8) is 0 Å². The van der Waals surface area contributed by atoms with E-state index in [4.69, 9.17) is 16.3 Å². The SMILES string of the molecule is O=C(c1cnn(-c2ccccc2)c1Cl)N1CCOCC1. The highest BCUT2D eigenvalue weighted by Crippen LogP contribution is 2.21. The minimum absolute atomic E-state index is 0.0968. The third-order valence-corrected chi connectivity index (χ3v) is 3.60. The first-order valence-corrected chi connectivity index (χ1v) is 6.81. The summed E-state index contributed by atoms with van der Waals surface area (Å²) >= 11 is 6.29. The number of morpholine rings is 1. The van der Waals surface area contributed by atoms with Gasteiger partial charge >= 0.3 is 0 Å². The Bertz CT molecular complexity index is 606. The van der Waals surface area contributed by atoms with E-state index in [0.717, 1.165) is 5.69 Å². The minimum Gasteiger partial charge on any atom is -0.378 e. The fourth-order valence-electron chi connectivity index (χ4n) is 2.16. The maximum absolute atomic E-state index is 12.4. The summed E-state index contributed by atoms with van der Waals surface area (Å²) in [4.78, 5) is 14.1. The largest absolute Gasteiger partial charge is 0.378 e. The second-order valence-corrected chi connectivity index (χ2v) is 4.86. The molecule has 0 saturated carbocycles. The molecule has 0 aliphatic carbocycles. The molecule has 3 rings (SSSR count). The molecule has 0 N–H and O–H groups in total. The molecule has 1 aromatic heterocycles. The smallest absolute Gasteiger partial charge is 0.258 e. The van der Waals surface area contributed by atoms with Gasteiger partial charge in [-0.05, 0) is 12.1 Å². The highest BCUT2D eigenvalue weighted by atomic mass is 35.5. The Kier molecular flexibility index (Phi) is 3.71. The van der Waals surface area contributed by atoms with Gasteiger partial charge in [-0.25, -0.2) is 4.68 Å². The zero-order chi connectivity index (χ0) is 13.9.